The highest BCUT2D eigenvalue weighted by atomic mass is 15.0. The SMILES string of the molecule is C=N/C(=N\C(=N/Cc1ccccc1)c1cc2c(c(-c3ccc(-c4ccc(-c5ccccc5)cc4)cc3)c1)-c1ccccc1C2)c1ccccc1. The van der Waals surface area contributed by atoms with Crippen molar-refractivity contribution in [3.05, 3.63) is 204 Å². The van der Waals surface area contributed by atoms with Crippen molar-refractivity contribution < 1.29 is 0 Å². The molecule has 1 aliphatic rings. The Bertz CT molecular complexity index is 2340. The second-order valence-electron chi connectivity index (χ2n) is 12.5. The molecule has 0 bridgehead atoms. The minimum Gasteiger partial charge on any atom is -0.261 e. The molecule has 1 aliphatic carbocycles. The van der Waals surface area contributed by atoms with E-state index < -0.39 is 0 Å². The first-order valence-electron chi connectivity index (χ1n) is 16.9. The third-order valence-corrected chi connectivity index (χ3v) is 9.31. The second kappa shape index (κ2) is 14.0. The van der Waals surface area contributed by atoms with Crippen molar-refractivity contribution >= 4 is 18.4 Å². The van der Waals surface area contributed by atoms with E-state index >= 15 is 0 Å². The molecular formula is C47H35N3. The Labute approximate surface area is 293 Å². The molecule has 0 unspecified atom stereocenters. The fourth-order valence-corrected chi connectivity index (χ4v) is 6.79. The van der Waals surface area contributed by atoms with Gasteiger partial charge in [0.15, 0.2) is 11.7 Å². The number of aliphatic imine (C=N–C) groups is 3. The van der Waals surface area contributed by atoms with E-state index in [0.29, 0.717) is 18.2 Å². The number of rotatable bonds is 7. The lowest BCUT2D eigenvalue weighted by molar-refractivity contribution is 1.06. The molecule has 0 radical (unpaired) electrons. The summed E-state index contributed by atoms with van der Waals surface area (Å²) < 4.78 is 0. The Balaban J connectivity index is 1.22. The lowest BCUT2D eigenvalue weighted by Gasteiger charge is -2.15. The maximum absolute atomic E-state index is 5.11. The van der Waals surface area contributed by atoms with Crippen LogP contribution in [0.25, 0.3) is 44.5 Å². The molecule has 3 nitrogen and oxygen atoms in total. The molecule has 7 aromatic carbocycles. The third kappa shape index (κ3) is 6.37. The lowest BCUT2D eigenvalue weighted by atomic mass is 9.90. The van der Waals surface area contributed by atoms with E-state index in [1.165, 1.54) is 50.1 Å². The fraction of sp³-hybridized carbons (Fsp3) is 0.0426. The van der Waals surface area contributed by atoms with E-state index in [1.807, 2.05) is 48.5 Å². The summed E-state index contributed by atoms with van der Waals surface area (Å²) in [7, 11) is 0. The molecular weight excluding hydrogens is 607 g/mol. The molecule has 8 rings (SSSR count). The van der Waals surface area contributed by atoms with Gasteiger partial charge in [-0.2, -0.15) is 0 Å². The van der Waals surface area contributed by atoms with Crippen LogP contribution in [0.5, 0.6) is 0 Å². The summed E-state index contributed by atoms with van der Waals surface area (Å²) in [6, 6.07) is 61.8. The van der Waals surface area contributed by atoms with Crippen LogP contribution in [0.2, 0.25) is 0 Å². The Morgan fingerprint density at radius 1 is 0.460 bits per heavy atom. The summed E-state index contributed by atoms with van der Waals surface area (Å²) in [6.45, 7) is 4.37. The number of hydrogen-bond donors (Lipinski definition) is 0. The van der Waals surface area contributed by atoms with Gasteiger partial charge in [-0.05, 0) is 86.5 Å². The fourth-order valence-electron chi connectivity index (χ4n) is 6.79. The number of fused-ring (bicyclic) bond motifs is 3. The van der Waals surface area contributed by atoms with Gasteiger partial charge in [-0.15, -0.1) is 0 Å². The van der Waals surface area contributed by atoms with E-state index in [1.54, 1.807) is 0 Å². The van der Waals surface area contributed by atoms with E-state index in [4.69, 9.17) is 9.98 Å². The lowest BCUT2D eigenvalue weighted by Crippen LogP contribution is -2.07. The van der Waals surface area contributed by atoms with Crippen LogP contribution in [-0.4, -0.2) is 18.4 Å². The minimum absolute atomic E-state index is 0.503. The van der Waals surface area contributed by atoms with Crippen LogP contribution in [0.1, 0.15) is 27.8 Å². The summed E-state index contributed by atoms with van der Waals surface area (Å²) in [5, 5.41) is 0. The second-order valence-corrected chi connectivity index (χ2v) is 12.5. The molecule has 50 heavy (non-hydrogen) atoms. The summed E-state index contributed by atoms with van der Waals surface area (Å²) in [4.78, 5) is 14.5. The molecule has 0 fully saturated rings. The van der Waals surface area contributed by atoms with Gasteiger partial charge in [0.25, 0.3) is 0 Å². The van der Waals surface area contributed by atoms with Gasteiger partial charge < -0.3 is 0 Å². The van der Waals surface area contributed by atoms with Crippen molar-refractivity contribution in [1.29, 1.82) is 0 Å². The quantitative estimate of drug-likeness (QED) is 0.123. The summed E-state index contributed by atoms with van der Waals surface area (Å²) in [5.74, 6) is 1.18. The largest absolute Gasteiger partial charge is 0.261 e. The zero-order valence-electron chi connectivity index (χ0n) is 27.7. The highest BCUT2D eigenvalue weighted by Gasteiger charge is 2.24. The Morgan fingerprint density at radius 3 is 1.64 bits per heavy atom. The molecule has 0 saturated carbocycles. The van der Waals surface area contributed by atoms with Crippen LogP contribution in [0, 0.1) is 0 Å². The highest BCUT2D eigenvalue weighted by molar-refractivity contribution is 6.13. The zero-order valence-corrected chi connectivity index (χ0v) is 27.7. The van der Waals surface area contributed by atoms with E-state index in [-0.39, 0.29) is 0 Å². The molecule has 0 spiro atoms. The van der Waals surface area contributed by atoms with Gasteiger partial charge in [-0.25, -0.2) is 9.98 Å². The third-order valence-electron chi connectivity index (χ3n) is 9.31. The van der Waals surface area contributed by atoms with Gasteiger partial charge in [0, 0.05) is 11.1 Å². The Morgan fingerprint density at radius 2 is 1.00 bits per heavy atom. The number of benzene rings is 7. The Hall–Kier alpha value is -6.45. The van der Waals surface area contributed by atoms with Gasteiger partial charge >= 0.3 is 0 Å². The highest BCUT2D eigenvalue weighted by Crippen LogP contribution is 2.44. The number of hydrogen-bond acceptors (Lipinski definition) is 1. The average Bonchev–Trinajstić information content (AvgIpc) is 3.58. The van der Waals surface area contributed by atoms with Gasteiger partial charge in [0.05, 0.1) is 6.54 Å². The van der Waals surface area contributed by atoms with Gasteiger partial charge in [0.1, 0.15) is 0 Å². The minimum atomic E-state index is 0.503. The van der Waals surface area contributed by atoms with Crippen LogP contribution >= 0.6 is 0 Å². The molecule has 0 saturated heterocycles. The summed E-state index contributed by atoms with van der Waals surface area (Å²) in [6.07, 6.45) is 0.860. The van der Waals surface area contributed by atoms with Crippen molar-refractivity contribution in [3.8, 4) is 44.5 Å². The average molecular weight is 642 g/mol. The van der Waals surface area contributed by atoms with E-state index in [9.17, 15) is 0 Å². The van der Waals surface area contributed by atoms with Gasteiger partial charge in [-0.3, -0.25) is 4.99 Å². The number of amidine groups is 2. The van der Waals surface area contributed by atoms with E-state index in [0.717, 1.165) is 28.7 Å². The predicted octanol–water partition coefficient (Wildman–Crippen LogP) is 11.4. The molecule has 0 heterocycles. The molecule has 0 N–H and O–H groups in total. The van der Waals surface area contributed by atoms with Crippen LogP contribution in [0.4, 0.5) is 0 Å². The molecule has 3 heteroatoms. The summed E-state index contributed by atoms with van der Waals surface area (Å²) in [5.41, 5.74) is 15.3. The molecule has 238 valence electrons. The van der Waals surface area contributed by atoms with Crippen molar-refractivity contribution in [1.82, 2.24) is 0 Å². The van der Waals surface area contributed by atoms with Crippen molar-refractivity contribution in [2.75, 3.05) is 0 Å². The molecule has 0 aromatic heterocycles. The van der Waals surface area contributed by atoms with Crippen molar-refractivity contribution in [2.45, 2.75) is 13.0 Å². The smallest absolute Gasteiger partial charge is 0.161 e. The summed E-state index contributed by atoms with van der Waals surface area (Å²) >= 11 is 0. The number of nitrogens with zero attached hydrogens (tertiary/aromatic N) is 3. The van der Waals surface area contributed by atoms with Gasteiger partial charge in [0.2, 0.25) is 0 Å². The normalized spacial score (nSPS) is 12.3. The molecule has 0 atom stereocenters. The Kier molecular flexibility index (Phi) is 8.61. The van der Waals surface area contributed by atoms with Crippen molar-refractivity contribution in [2.24, 2.45) is 15.0 Å². The van der Waals surface area contributed by atoms with Crippen LogP contribution in [0.3, 0.4) is 0 Å². The zero-order chi connectivity index (χ0) is 33.7. The van der Waals surface area contributed by atoms with Crippen molar-refractivity contribution in [3.63, 3.8) is 0 Å². The topological polar surface area (TPSA) is 37.1 Å². The standard InChI is InChI=1S/C47H35N3/c1-48-46(39-17-9-4-10-18-39)50-47(49-32-33-13-5-2-6-14-33)42-30-41-29-40-19-11-12-20-43(40)45(41)44(31-42)38-27-25-37(26-28-38)36-23-21-35(22-24-36)34-15-7-3-8-16-34/h2-28,30-31H,1,29,32H2/b49-47-,50-46-. The first kappa shape index (κ1) is 30.9. The predicted molar refractivity (Wildman–Crippen MR) is 210 cm³/mol. The molecule has 0 amide bonds. The maximum Gasteiger partial charge on any atom is 0.161 e. The molecule has 0 aliphatic heterocycles. The van der Waals surface area contributed by atoms with Crippen LogP contribution in [0.15, 0.2) is 191 Å². The monoisotopic (exact) mass is 641 g/mol. The first-order chi connectivity index (χ1) is 24.7. The van der Waals surface area contributed by atoms with Crippen LogP contribution in [-0.2, 0) is 13.0 Å². The maximum atomic E-state index is 5.11. The van der Waals surface area contributed by atoms with Gasteiger partial charge in [-0.1, -0.05) is 164 Å². The molecule has 7 aromatic rings. The van der Waals surface area contributed by atoms with Crippen LogP contribution < -0.4 is 0 Å². The van der Waals surface area contributed by atoms with E-state index in [2.05, 4.69) is 139 Å². The first-order valence-corrected chi connectivity index (χ1v) is 16.9.